The van der Waals surface area contributed by atoms with E-state index in [-0.39, 0.29) is 17.9 Å². The number of amides is 2. The molecule has 1 saturated carbocycles. The molecule has 4 rings (SSSR count). The van der Waals surface area contributed by atoms with Gasteiger partial charge < -0.3 is 15.2 Å². The molecule has 2 atom stereocenters. The number of carbonyl (C=O) groups is 2. The molecular formula is C22H30N4O2. The Bertz CT molecular complexity index is 867. The number of benzene rings is 1. The van der Waals surface area contributed by atoms with Crippen LogP contribution in [0.2, 0.25) is 0 Å². The van der Waals surface area contributed by atoms with Crippen LogP contribution in [0.25, 0.3) is 10.9 Å². The van der Waals surface area contributed by atoms with Crippen LogP contribution in [0.5, 0.6) is 0 Å². The fraction of sp³-hybridized carbons (Fsp3) is 0.545. The number of piperazine rings is 1. The molecule has 1 aromatic carbocycles. The van der Waals surface area contributed by atoms with Crippen LogP contribution < -0.4 is 5.32 Å². The lowest BCUT2D eigenvalue weighted by molar-refractivity contribution is -0.131. The van der Waals surface area contributed by atoms with Crippen LogP contribution in [-0.2, 0) is 4.79 Å². The molecule has 6 heteroatoms. The first-order valence-electron chi connectivity index (χ1n) is 10.4. The fourth-order valence-corrected chi connectivity index (χ4v) is 4.72. The Morgan fingerprint density at radius 2 is 1.93 bits per heavy atom. The Balaban J connectivity index is 1.36. The summed E-state index contributed by atoms with van der Waals surface area (Å²) in [6, 6.07) is 8.76. The van der Waals surface area contributed by atoms with Crippen molar-refractivity contribution in [1.29, 1.82) is 0 Å². The zero-order valence-electron chi connectivity index (χ0n) is 16.8. The molecule has 2 fully saturated rings. The minimum Gasteiger partial charge on any atom is -0.350 e. The highest BCUT2D eigenvalue weighted by molar-refractivity contribution is 5.98. The van der Waals surface area contributed by atoms with Gasteiger partial charge in [-0.05, 0) is 44.2 Å². The van der Waals surface area contributed by atoms with E-state index in [1.807, 2.05) is 23.1 Å². The number of aromatic nitrogens is 1. The second kappa shape index (κ2) is 7.95. The van der Waals surface area contributed by atoms with Crippen LogP contribution in [0.4, 0.5) is 0 Å². The molecule has 1 aliphatic heterocycles. The summed E-state index contributed by atoms with van der Waals surface area (Å²) in [5, 5.41) is 4.33. The van der Waals surface area contributed by atoms with Gasteiger partial charge in [0, 0.05) is 56.1 Å². The van der Waals surface area contributed by atoms with Gasteiger partial charge in [-0.15, -0.1) is 0 Å². The Labute approximate surface area is 166 Å². The van der Waals surface area contributed by atoms with Gasteiger partial charge in [0.2, 0.25) is 5.91 Å². The fourth-order valence-electron chi connectivity index (χ4n) is 4.72. The number of carbonyl (C=O) groups excluding carboxylic acids is 2. The molecule has 150 valence electrons. The molecule has 2 aliphatic rings. The van der Waals surface area contributed by atoms with Gasteiger partial charge in [0.25, 0.3) is 5.91 Å². The predicted molar refractivity (Wildman–Crippen MR) is 110 cm³/mol. The summed E-state index contributed by atoms with van der Waals surface area (Å²) in [5.41, 5.74) is 2.83. The van der Waals surface area contributed by atoms with Crippen LogP contribution in [0.1, 0.15) is 48.7 Å². The summed E-state index contributed by atoms with van der Waals surface area (Å²) in [7, 11) is 0. The first kappa shape index (κ1) is 19.0. The van der Waals surface area contributed by atoms with Gasteiger partial charge in [0.05, 0.1) is 0 Å². The van der Waals surface area contributed by atoms with Crippen LogP contribution in [-0.4, -0.2) is 64.9 Å². The smallest absolute Gasteiger partial charge is 0.267 e. The van der Waals surface area contributed by atoms with Crippen LogP contribution in [0.15, 0.2) is 24.3 Å². The summed E-state index contributed by atoms with van der Waals surface area (Å²) in [4.78, 5) is 32.0. The number of H-pyrrole nitrogens is 1. The molecule has 0 bridgehead atoms. The third kappa shape index (κ3) is 3.92. The molecule has 28 heavy (non-hydrogen) atoms. The van der Waals surface area contributed by atoms with E-state index >= 15 is 0 Å². The Kier molecular flexibility index (Phi) is 5.40. The zero-order chi connectivity index (χ0) is 19.7. The molecule has 0 unspecified atom stereocenters. The summed E-state index contributed by atoms with van der Waals surface area (Å²) in [6.07, 6.45) is 4.34. The number of para-hydroxylation sites is 1. The highest BCUT2D eigenvalue weighted by Crippen LogP contribution is 2.25. The molecule has 1 aromatic heterocycles. The number of nitrogens with one attached hydrogen (secondary N) is 2. The van der Waals surface area contributed by atoms with Crippen molar-refractivity contribution in [1.82, 2.24) is 20.1 Å². The standard InChI is InChI=1S/C22H30N4O2/c1-15-5-3-6-17-13-20(24-21(15)17)22(28)23-18-7-4-8-19(14-18)26-11-9-25(10-12-26)16(2)27/h3,5-6,13,18-19,24H,4,7-12,14H2,1-2H3,(H,23,28)/t18-,19+/m1/s1. The number of aromatic amines is 1. The molecule has 2 heterocycles. The monoisotopic (exact) mass is 382 g/mol. The number of aryl methyl sites for hydroxylation is 1. The zero-order valence-corrected chi connectivity index (χ0v) is 16.8. The molecular weight excluding hydrogens is 352 g/mol. The Morgan fingerprint density at radius 3 is 2.64 bits per heavy atom. The highest BCUT2D eigenvalue weighted by Gasteiger charge is 2.30. The third-order valence-corrected chi connectivity index (χ3v) is 6.37. The number of hydrogen-bond donors (Lipinski definition) is 2. The molecule has 6 nitrogen and oxygen atoms in total. The summed E-state index contributed by atoms with van der Waals surface area (Å²) in [5.74, 6) is 0.157. The van der Waals surface area contributed by atoms with Crippen molar-refractivity contribution in [3.05, 3.63) is 35.5 Å². The number of hydrogen-bond acceptors (Lipinski definition) is 3. The van der Waals surface area contributed by atoms with Crippen molar-refractivity contribution >= 4 is 22.7 Å². The minimum absolute atomic E-state index is 0.0114. The van der Waals surface area contributed by atoms with Crippen molar-refractivity contribution in [3.63, 3.8) is 0 Å². The topological polar surface area (TPSA) is 68.4 Å². The van der Waals surface area contributed by atoms with E-state index in [4.69, 9.17) is 0 Å². The summed E-state index contributed by atoms with van der Waals surface area (Å²) >= 11 is 0. The second-order valence-electron chi connectivity index (χ2n) is 8.26. The van der Waals surface area contributed by atoms with Crippen molar-refractivity contribution in [3.8, 4) is 0 Å². The molecule has 0 radical (unpaired) electrons. The van der Waals surface area contributed by atoms with Gasteiger partial charge in [-0.3, -0.25) is 14.5 Å². The Hall–Kier alpha value is -2.34. The van der Waals surface area contributed by atoms with Crippen LogP contribution >= 0.6 is 0 Å². The van der Waals surface area contributed by atoms with E-state index < -0.39 is 0 Å². The maximum Gasteiger partial charge on any atom is 0.267 e. The quantitative estimate of drug-likeness (QED) is 0.858. The summed E-state index contributed by atoms with van der Waals surface area (Å²) < 4.78 is 0. The van der Waals surface area contributed by atoms with Crippen molar-refractivity contribution in [2.75, 3.05) is 26.2 Å². The number of rotatable bonds is 3. The highest BCUT2D eigenvalue weighted by atomic mass is 16.2. The third-order valence-electron chi connectivity index (χ3n) is 6.37. The average Bonchev–Trinajstić information content (AvgIpc) is 3.14. The van der Waals surface area contributed by atoms with Crippen molar-refractivity contribution < 1.29 is 9.59 Å². The lowest BCUT2D eigenvalue weighted by atomic mass is 9.89. The molecule has 1 aliphatic carbocycles. The van der Waals surface area contributed by atoms with Gasteiger partial charge in [0.1, 0.15) is 5.69 Å². The molecule has 1 saturated heterocycles. The lowest BCUT2D eigenvalue weighted by Crippen LogP contribution is -2.54. The first-order valence-corrected chi connectivity index (χ1v) is 10.4. The second-order valence-corrected chi connectivity index (χ2v) is 8.26. The van der Waals surface area contributed by atoms with Gasteiger partial charge in [-0.25, -0.2) is 0 Å². The predicted octanol–water partition coefficient (Wildman–Crippen LogP) is 2.68. The molecule has 2 amide bonds. The van der Waals surface area contributed by atoms with Crippen molar-refractivity contribution in [2.45, 2.75) is 51.6 Å². The SMILES string of the molecule is CC(=O)N1CCN([C@H]2CCC[C@@H](NC(=O)c3cc4cccc(C)c4[nH]3)C2)CC1. The van der Waals surface area contributed by atoms with E-state index in [0.29, 0.717) is 11.7 Å². The normalized spacial score (nSPS) is 23.7. The van der Waals surface area contributed by atoms with Gasteiger partial charge in [-0.2, -0.15) is 0 Å². The van der Waals surface area contributed by atoms with Gasteiger partial charge >= 0.3 is 0 Å². The molecule has 2 N–H and O–H groups in total. The van der Waals surface area contributed by atoms with E-state index in [2.05, 4.69) is 28.2 Å². The van der Waals surface area contributed by atoms with E-state index in [1.165, 1.54) is 6.42 Å². The number of nitrogens with zero attached hydrogens (tertiary/aromatic N) is 2. The van der Waals surface area contributed by atoms with Gasteiger partial charge in [-0.1, -0.05) is 18.2 Å². The number of fused-ring (bicyclic) bond motifs is 1. The molecule has 2 aromatic rings. The van der Waals surface area contributed by atoms with Crippen LogP contribution in [0, 0.1) is 6.92 Å². The van der Waals surface area contributed by atoms with Crippen molar-refractivity contribution in [2.24, 2.45) is 0 Å². The minimum atomic E-state index is -0.0114. The maximum atomic E-state index is 12.8. The Morgan fingerprint density at radius 1 is 1.14 bits per heavy atom. The van der Waals surface area contributed by atoms with E-state index in [9.17, 15) is 9.59 Å². The van der Waals surface area contributed by atoms with E-state index in [1.54, 1.807) is 6.92 Å². The lowest BCUT2D eigenvalue weighted by Gasteiger charge is -2.42. The van der Waals surface area contributed by atoms with Crippen LogP contribution in [0.3, 0.4) is 0 Å². The molecule has 0 spiro atoms. The largest absolute Gasteiger partial charge is 0.350 e. The van der Waals surface area contributed by atoms with E-state index in [0.717, 1.165) is 61.9 Å². The average molecular weight is 383 g/mol. The summed E-state index contributed by atoms with van der Waals surface area (Å²) in [6.45, 7) is 7.21. The van der Waals surface area contributed by atoms with Gasteiger partial charge in [0.15, 0.2) is 0 Å². The maximum absolute atomic E-state index is 12.8. The first-order chi connectivity index (χ1) is 13.5.